The van der Waals surface area contributed by atoms with Gasteiger partial charge in [0.15, 0.2) is 0 Å². The normalized spacial score (nSPS) is 23.1. The van der Waals surface area contributed by atoms with Crippen LogP contribution in [0.15, 0.2) is 0 Å². The second-order valence-corrected chi connectivity index (χ2v) is 5.65. The summed E-state index contributed by atoms with van der Waals surface area (Å²) in [6.45, 7) is 4.24. The highest BCUT2D eigenvalue weighted by Crippen LogP contribution is 2.29. The third-order valence-corrected chi connectivity index (χ3v) is 4.20. The Kier molecular flexibility index (Phi) is 5.95. The predicted molar refractivity (Wildman–Crippen MR) is 73.9 cm³/mol. The summed E-state index contributed by atoms with van der Waals surface area (Å²) in [6, 6.07) is 0. The van der Waals surface area contributed by atoms with Crippen LogP contribution in [0, 0.1) is 5.92 Å². The molecule has 19 heavy (non-hydrogen) atoms. The average molecular weight is 269 g/mol. The molecule has 1 heterocycles. The zero-order valence-electron chi connectivity index (χ0n) is 12.1. The number of carbonyl (C=O) groups is 1. The Hall–Kier alpha value is -0.770. The zero-order chi connectivity index (χ0) is 13.5. The van der Waals surface area contributed by atoms with Crippen molar-refractivity contribution in [3.63, 3.8) is 0 Å². The molecule has 0 aromatic carbocycles. The van der Waals surface area contributed by atoms with Gasteiger partial charge in [-0.25, -0.2) is 4.79 Å². The molecule has 1 aliphatic carbocycles. The molecule has 0 radical (unpaired) electrons. The number of amides is 1. The fraction of sp³-hybridized carbons (Fsp3) is 0.933. The van der Waals surface area contributed by atoms with Gasteiger partial charge in [-0.2, -0.15) is 0 Å². The minimum absolute atomic E-state index is 0.177. The zero-order valence-corrected chi connectivity index (χ0v) is 12.1. The monoisotopic (exact) mass is 269 g/mol. The van der Waals surface area contributed by atoms with Crippen molar-refractivity contribution in [2.75, 3.05) is 19.7 Å². The van der Waals surface area contributed by atoms with Crippen LogP contribution < -0.4 is 0 Å². The van der Waals surface area contributed by atoms with Crippen LogP contribution in [0.25, 0.3) is 0 Å². The van der Waals surface area contributed by atoms with Gasteiger partial charge in [-0.05, 0) is 39.0 Å². The number of nitrogens with zero attached hydrogens (tertiary/aromatic N) is 1. The predicted octanol–water partition coefficient (Wildman–Crippen LogP) is 3.55. The van der Waals surface area contributed by atoms with E-state index < -0.39 is 0 Å². The highest BCUT2D eigenvalue weighted by molar-refractivity contribution is 5.67. The van der Waals surface area contributed by atoms with Crippen molar-refractivity contribution in [3.8, 4) is 0 Å². The molecule has 1 aliphatic heterocycles. The molecule has 1 saturated heterocycles. The quantitative estimate of drug-likeness (QED) is 0.733. The molecule has 2 rings (SSSR count). The highest BCUT2D eigenvalue weighted by Gasteiger charge is 2.29. The lowest BCUT2D eigenvalue weighted by Crippen LogP contribution is -2.40. The van der Waals surface area contributed by atoms with Crippen LogP contribution in [0.2, 0.25) is 0 Å². The number of hydrogen-bond acceptors (Lipinski definition) is 3. The van der Waals surface area contributed by atoms with Crippen molar-refractivity contribution < 1.29 is 14.3 Å². The number of rotatable bonds is 4. The number of likely N-dealkylation sites (tertiary alicyclic amines) is 1. The first-order chi connectivity index (χ1) is 9.31. The summed E-state index contributed by atoms with van der Waals surface area (Å²) < 4.78 is 11.3. The minimum atomic E-state index is -0.334. The summed E-state index contributed by atoms with van der Waals surface area (Å²) >= 11 is 0. The second kappa shape index (κ2) is 7.73. The molecule has 0 aromatic rings. The molecule has 2 aliphatic rings. The summed E-state index contributed by atoms with van der Waals surface area (Å²) in [6.07, 6.45) is 8.91. The molecule has 1 unspecified atom stereocenters. The highest BCUT2D eigenvalue weighted by atomic mass is 16.7. The molecule has 110 valence electrons. The van der Waals surface area contributed by atoms with E-state index in [2.05, 4.69) is 0 Å². The van der Waals surface area contributed by atoms with E-state index in [-0.39, 0.29) is 12.4 Å². The molecule has 0 bridgehead atoms. The van der Waals surface area contributed by atoms with Gasteiger partial charge in [0.2, 0.25) is 6.29 Å². The van der Waals surface area contributed by atoms with Crippen LogP contribution in [0.5, 0.6) is 0 Å². The summed E-state index contributed by atoms with van der Waals surface area (Å²) in [5, 5.41) is 0. The maximum atomic E-state index is 12.1. The first-order valence-corrected chi connectivity index (χ1v) is 7.88. The van der Waals surface area contributed by atoms with E-state index in [9.17, 15) is 4.79 Å². The lowest BCUT2D eigenvalue weighted by atomic mass is 9.89. The molecular weight excluding hydrogens is 242 g/mol. The Balaban J connectivity index is 1.85. The molecule has 2 fully saturated rings. The first kappa shape index (κ1) is 14.6. The summed E-state index contributed by atoms with van der Waals surface area (Å²) in [5.74, 6) is 0.391. The van der Waals surface area contributed by atoms with Crippen molar-refractivity contribution in [1.82, 2.24) is 4.90 Å². The lowest BCUT2D eigenvalue weighted by molar-refractivity contribution is -0.146. The number of carbonyl (C=O) groups excluding carboxylic acids is 1. The second-order valence-electron chi connectivity index (χ2n) is 5.65. The molecule has 1 amide bonds. The van der Waals surface area contributed by atoms with E-state index in [1.807, 2.05) is 11.8 Å². The van der Waals surface area contributed by atoms with Crippen LogP contribution in [0.4, 0.5) is 4.79 Å². The van der Waals surface area contributed by atoms with Gasteiger partial charge in [-0.3, -0.25) is 0 Å². The maximum absolute atomic E-state index is 12.1. The van der Waals surface area contributed by atoms with Gasteiger partial charge >= 0.3 is 6.09 Å². The number of ether oxygens (including phenoxy) is 2. The van der Waals surface area contributed by atoms with Gasteiger partial charge in [0.05, 0.1) is 0 Å². The lowest BCUT2D eigenvalue weighted by Gasteiger charge is -2.32. The number of piperidine rings is 1. The van der Waals surface area contributed by atoms with Crippen LogP contribution in [0.3, 0.4) is 0 Å². The van der Waals surface area contributed by atoms with Crippen LogP contribution in [-0.4, -0.2) is 37.0 Å². The fourth-order valence-electron chi connectivity index (χ4n) is 3.09. The number of hydrogen-bond donors (Lipinski definition) is 0. The Labute approximate surface area is 116 Å². The summed E-state index contributed by atoms with van der Waals surface area (Å²) in [7, 11) is 0. The van der Waals surface area contributed by atoms with E-state index in [4.69, 9.17) is 9.47 Å². The minimum Gasteiger partial charge on any atom is -0.419 e. The topological polar surface area (TPSA) is 38.8 Å². The summed E-state index contributed by atoms with van der Waals surface area (Å²) in [4.78, 5) is 14.0. The molecular formula is C15H27NO3. The Bertz CT molecular complexity index is 271. The molecule has 0 spiro atoms. The van der Waals surface area contributed by atoms with Gasteiger partial charge in [0.25, 0.3) is 0 Å². The third kappa shape index (κ3) is 4.37. The summed E-state index contributed by atoms with van der Waals surface area (Å²) in [5.41, 5.74) is 0. The van der Waals surface area contributed by atoms with Crippen molar-refractivity contribution in [2.45, 2.75) is 64.6 Å². The van der Waals surface area contributed by atoms with Crippen molar-refractivity contribution in [1.29, 1.82) is 0 Å². The largest absolute Gasteiger partial charge is 0.419 e. The smallest absolute Gasteiger partial charge is 0.412 e. The Morgan fingerprint density at radius 3 is 2.37 bits per heavy atom. The molecule has 4 nitrogen and oxygen atoms in total. The van der Waals surface area contributed by atoms with Crippen LogP contribution in [-0.2, 0) is 9.47 Å². The van der Waals surface area contributed by atoms with Gasteiger partial charge < -0.3 is 14.4 Å². The SMILES string of the molecule is CCOC(OC(=O)N1CCCCC1)C1CCCCC1. The van der Waals surface area contributed by atoms with Crippen molar-refractivity contribution in [3.05, 3.63) is 0 Å². The fourth-order valence-corrected chi connectivity index (χ4v) is 3.09. The molecule has 1 saturated carbocycles. The van der Waals surface area contributed by atoms with Crippen LogP contribution >= 0.6 is 0 Å². The standard InChI is InChI=1S/C15H27NO3/c1-2-18-14(13-9-5-3-6-10-13)19-15(17)16-11-7-4-8-12-16/h13-14H,2-12H2,1H3. The van der Waals surface area contributed by atoms with Gasteiger partial charge in [0, 0.05) is 25.6 Å². The molecule has 1 atom stereocenters. The van der Waals surface area contributed by atoms with E-state index in [0.29, 0.717) is 12.5 Å². The van der Waals surface area contributed by atoms with E-state index in [1.54, 1.807) is 0 Å². The maximum Gasteiger partial charge on any atom is 0.412 e. The van der Waals surface area contributed by atoms with E-state index >= 15 is 0 Å². The van der Waals surface area contributed by atoms with Crippen molar-refractivity contribution >= 4 is 6.09 Å². The Morgan fingerprint density at radius 2 is 1.74 bits per heavy atom. The molecule has 0 N–H and O–H groups in total. The first-order valence-electron chi connectivity index (χ1n) is 7.88. The Morgan fingerprint density at radius 1 is 1.11 bits per heavy atom. The van der Waals surface area contributed by atoms with Gasteiger partial charge in [-0.1, -0.05) is 19.3 Å². The van der Waals surface area contributed by atoms with Gasteiger partial charge in [-0.15, -0.1) is 0 Å². The van der Waals surface area contributed by atoms with Gasteiger partial charge in [0.1, 0.15) is 0 Å². The average Bonchev–Trinajstić information content (AvgIpc) is 2.48. The molecule has 0 aromatic heterocycles. The molecule has 4 heteroatoms. The van der Waals surface area contributed by atoms with Crippen LogP contribution in [0.1, 0.15) is 58.3 Å². The van der Waals surface area contributed by atoms with Crippen molar-refractivity contribution in [2.24, 2.45) is 5.92 Å². The van der Waals surface area contributed by atoms with E-state index in [0.717, 1.165) is 38.8 Å². The van der Waals surface area contributed by atoms with E-state index in [1.165, 1.54) is 25.7 Å². The third-order valence-electron chi connectivity index (χ3n) is 4.20.